The molecular weight excluding hydrogens is 264 g/mol. The number of ether oxygens (including phenoxy) is 1. The van der Waals surface area contributed by atoms with Crippen molar-refractivity contribution < 1.29 is 4.74 Å². The Bertz CT molecular complexity index is 830. The molecule has 0 saturated heterocycles. The normalized spacial score (nSPS) is 11.0. The molecule has 1 aromatic heterocycles. The average Bonchev–Trinajstić information content (AvgIpc) is 2.74. The lowest BCUT2D eigenvalue weighted by Crippen LogP contribution is -2.24. The summed E-state index contributed by atoms with van der Waals surface area (Å²) in [6.07, 6.45) is 0. The fraction of sp³-hybridized carbons (Fsp3) is 0.235. The van der Waals surface area contributed by atoms with E-state index >= 15 is 0 Å². The third kappa shape index (κ3) is 2.44. The van der Waals surface area contributed by atoms with Crippen LogP contribution in [-0.2, 0) is 13.6 Å². The van der Waals surface area contributed by atoms with Crippen LogP contribution in [0.1, 0.15) is 5.56 Å². The van der Waals surface area contributed by atoms with Crippen molar-refractivity contribution in [3.05, 3.63) is 64.6 Å². The van der Waals surface area contributed by atoms with Gasteiger partial charge in [-0.1, -0.05) is 30.3 Å². The molecule has 0 aliphatic rings. The highest BCUT2D eigenvalue weighted by Gasteiger charge is 2.09. The van der Waals surface area contributed by atoms with E-state index in [1.54, 1.807) is 16.2 Å². The van der Waals surface area contributed by atoms with Crippen molar-refractivity contribution in [3.8, 4) is 5.75 Å². The molecule has 3 rings (SSSR count). The molecule has 0 unspecified atom stereocenters. The van der Waals surface area contributed by atoms with Gasteiger partial charge in [-0.05, 0) is 30.7 Å². The van der Waals surface area contributed by atoms with Crippen LogP contribution in [-0.4, -0.2) is 15.7 Å². The molecule has 21 heavy (non-hydrogen) atoms. The average molecular weight is 282 g/mol. The molecule has 0 aliphatic heterocycles. The van der Waals surface area contributed by atoms with Gasteiger partial charge < -0.3 is 4.74 Å². The SMILES string of the molecule is Cc1ccccc1OCCn1c(=O)n(C)c2ccccc21. The summed E-state index contributed by atoms with van der Waals surface area (Å²) >= 11 is 0. The molecule has 0 radical (unpaired) electrons. The zero-order valence-electron chi connectivity index (χ0n) is 12.2. The van der Waals surface area contributed by atoms with E-state index in [-0.39, 0.29) is 5.69 Å². The Morgan fingerprint density at radius 1 is 1.00 bits per heavy atom. The summed E-state index contributed by atoms with van der Waals surface area (Å²) in [5.41, 5.74) is 2.98. The van der Waals surface area contributed by atoms with Gasteiger partial charge in [0.1, 0.15) is 12.4 Å². The van der Waals surface area contributed by atoms with E-state index in [4.69, 9.17) is 4.74 Å². The van der Waals surface area contributed by atoms with E-state index in [0.29, 0.717) is 13.2 Å². The number of hydrogen-bond acceptors (Lipinski definition) is 2. The topological polar surface area (TPSA) is 36.2 Å². The molecule has 3 aromatic rings. The van der Waals surface area contributed by atoms with Crippen LogP contribution in [0.3, 0.4) is 0 Å². The van der Waals surface area contributed by atoms with Gasteiger partial charge in [-0.15, -0.1) is 0 Å². The maximum atomic E-state index is 12.3. The van der Waals surface area contributed by atoms with E-state index in [2.05, 4.69) is 0 Å². The van der Waals surface area contributed by atoms with Gasteiger partial charge in [0.2, 0.25) is 0 Å². The molecule has 4 nitrogen and oxygen atoms in total. The smallest absolute Gasteiger partial charge is 0.328 e. The van der Waals surface area contributed by atoms with E-state index in [1.807, 2.05) is 55.5 Å². The van der Waals surface area contributed by atoms with Crippen molar-refractivity contribution in [2.24, 2.45) is 7.05 Å². The molecule has 0 amide bonds. The lowest BCUT2D eigenvalue weighted by Gasteiger charge is -2.09. The quantitative estimate of drug-likeness (QED) is 0.737. The molecule has 0 N–H and O–H groups in total. The fourth-order valence-corrected chi connectivity index (χ4v) is 2.54. The number of aryl methyl sites for hydroxylation is 2. The van der Waals surface area contributed by atoms with Gasteiger partial charge in [0.15, 0.2) is 0 Å². The van der Waals surface area contributed by atoms with Gasteiger partial charge in [-0.2, -0.15) is 0 Å². The number of para-hydroxylation sites is 3. The van der Waals surface area contributed by atoms with Crippen molar-refractivity contribution >= 4 is 11.0 Å². The van der Waals surface area contributed by atoms with Crippen molar-refractivity contribution in [3.63, 3.8) is 0 Å². The summed E-state index contributed by atoms with van der Waals surface area (Å²) in [6.45, 7) is 3.02. The van der Waals surface area contributed by atoms with Gasteiger partial charge in [0, 0.05) is 7.05 Å². The molecular formula is C17H18N2O2. The molecule has 0 atom stereocenters. The number of imidazole rings is 1. The van der Waals surface area contributed by atoms with Crippen LogP contribution in [0.4, 0.5) is 0 Å². The summed E-state index contributed by atoms with van der Waals surface area (Å²) in [5.74, 6) is 0.866. The molecule has 108 valence electrons. The lowest BCUT2D eigenvalue weighted by molar-refractivity contribution is 0.296. The molecule has 0 aliphatic carbocycles. The minimum Gasteiger partial charge on any atom is -0.491 e. The predicted molar refractivity (Wildman–Crippen MR) is 83.9 cm³/mol. The Morgan fingerprint density at radius 3 is 2.43 bits per heavy atom. The van der Waals surface area contributed by atoms with Crippen LogP contribution in [0.5, 0.6) is 5.75 Å². The zero-order valence-corrected chi connectivity index (χ0v) is 12.2. The Balaban J connectivity index is 1.82. The largest absolute Gasteiger partial charge is 0.491 e. The fourth-order valence-electron chi connectivity index (χ4n) is 2.54. The van der Waals surface area contributed by atoms with Gasteiger partial charge in [0.05, 0.1) is 17.6 Å². The summed E-state index contributed by atoms with van der Waals surface area (Å²) in [6, 6.07) is 15.7. The molecule has 4 heteroatoms. The number of benzene rings is 2. The van der Waals surface area contributed by atoms with E-state index < -0.39 is 0 Å². The Hall–Kier alpha value is -2.49. The maximum absolute atomic E-state index is 12.3. The van der Waals surface area contributed by atoms with Gasteiger partial charge in [0.25, 0.3) is 0 Å². The first-order chi connectivity index (χ1) is 10.2. The number of fused-ring (bicyclic) bond motifs is 1. The summed E-state index contributed by atoms with van der Waals surface area (Å²) < 4.78 is 9.21. The molecule has 0 spiro atoms. The summed E-state index contributed by atoms with van der Waals surface area (Å²) in [4.78, 5) is 12.3. The standard InChI is InChI=1S/C17H18N2O2/c1-13-7-3-6-10-16(13)21-12-11-19-15-9-5-4-8-14(15)18(2)17(19)20/h3-10H,11-12H2,1-2H3. The van der Waals surface area contributed by atoms with E-state index in [0.717, 1.165) is 22.3 Å². The zero-order chi connectivity index (χ0) is 14.8. The van der Waals surface area contributed by atoms with Crippen molar-refractivity contribution in [2.75, 3.05) is 6.61 Å². The molecule has 0 fully saturated rings. The maximum Gasteiger partial charge on any atom is 0.328 e. The lowest BCUT2D eigenvalue weighted by atomic mass is 10.2. The van der Waals surface area contributed by atoms with E-state index in [9.17, 15) is 4.79 Å². The van der Waals surface area contributed by atoms with Crippen LogP contribution in [0, 0.1) is 6.92 Å². The minimum atomic E-state index is -0.00964. The number of hydrogen-bond donors (Lipinski definition) is 0. The van der Waals surface area contributed by atoms with Crippen LogP contribution in [0.2, 0.25) is 0 Å². The van der Waals surface area contributed by atoms with Gasteiger partial charge in [-0.3, -0.25) is 9.13 Å². The highest BCUT2D eigenvalue weighted by Crippen LogP contribution is 2.16. The van der Waals surface area contributed by atoms with Gasteiger partial charge in [-0.25, -0.2) is 4.79 Å². The van der Waals surface area contributed by atoms with Crippen molar-refractivity contribution in [2.45, 2.75) is 13.5 Å². The Labute approximate surface area is 123 Å². The first-order valence-electron chi connectivity index (χ1n) is 7.01. The summed E-state index contributed by atoms with van der Waals surface area (Å²) in [5, 5.41) is 0. The minimum absolute atomic E-state index is 0.00964. The molecule has 0 saturated carbocycles. The second kappa shape index (κ2) is 5.48. The monoisotopic (exact) mass is 282 g/mol. The first kappa shape index (κ1) is 13.5. The van der Waals surface area contributed by atoms with Crippen LogP contribution in [0.25, 0.3) is 11.0 Å². The second-order valence-corrected chi connectivity index (χ2v) is 5.10. The van der Waals surface area contributed by atoms with Gasteiger partial charge >= 0.3 is 5.69 Å². The molecule has 1 heterocycles. The highest BCUT2D eigenvalue weighted by atomic mass is 16.5. The van der Waals surface area contributed by atoms with Crippen molar-refractivity contribution in [1.82, 2.24) is 9.13 Å². The molecule has 2 aromatic carbocycles. The third-order valence-corrected chi connectivity index (χ3v) is 3.72. The Kier molecular flexibility index (Phi) is 3.52. The molecule has 0 bridgehead atoms. The highest BCUT2D eigenvalue weighted by molar-refractivity contribution is 5.75. The number of nitrogens with zero attached hydrogens (tertiary/aromatic N) is 2. The third-order valence-electron chi connectivity index (χ3n) is 3.72. The van der Waals surface area contributed by atoms with Crippen LogP contribution >= 0.6 is 0 Å². The first-order valence-corrected chi connectivity index (χ1v) is 7.01. The second-order valence-electron chi connectivity index (χ2n) is 5.10. The van der Waals surface area contributed by atoms with Crippen molar-refractivity contribution in [1.29, 1.82) is 0 Å². The number of aromatic nitrogens is 2. The van der Waals surface area contributed by atoms with Crippen LogP contribution in [0.15, 0.2) is 53.3 Å². The van der Waals surface area contributed by atoms with Crippen LogP contribution < -0.4 is 10.4 Å². The Morgan fingerprint density at radius 2 is 1.67 bits per heavy atom. The van der Waals surface area contributed by atoms with E-state index in [1.165, 1.54) is 0 Å². The predicted octanol–water partition coefficient (Wildman–Crippen LogP) is 2.73. The number of rotatable bonds is 4. The summed E-state index contributed by atoms with van der Waals surface area (Å²) in [7, 11) is 1.80.